The summed E-state index contributed by atoms with van der Waals surface area (Å²) in [4.78, 5) is 13.7. The molecule has 1 saturated heterocycles. The molecule has 2 aliphatic rings. The van der Waals surface area contributed by atoms with Crippen LogP contribution in [0.1, 0.15) is 38.5 Å². The van der Waals surface area contributed by atoms with Crippen LogP contribution in [-0.2, 0) is 14.8 Å². The molecule has 1 aromatic rings. The minimum Gasteiger partial charge on any atom is -0.329 e. The molecule has 140 valence electrons. The van der Waals surface area contributed by atoms with Crippen LogP contribution in [0.25, 0.3) is 0 Å². The molecule has 0 spiro atoms. The molecule has 25 heavy (non-hydrogen) atoms. The molecular weight excluding hydrogens is 362 g/mol. The van der Waals surface area contributed by atoms with Gasteiger partial charge in [-0.1, -0.05) is 12.8 Å². The van der Waals surface area contributed by atoms with Gasteiger partial charge < -0.3 is 10.6 Å². The minimum absolute atomic E-state index is 0. The van der Waals surface area contributed by atoms with E-state index in [0.717, 1.165) is 37.8 Å². The zero-order valence-corrected chi connectivity index (χ0v) is 15.8. The number of halogens is 1. The second kappa shape index (κ2) is 8.49. The maximum atomic E-state index is 12.6. The first-order valence-corrected chi connectivity index (χ1v) is 10.1. The molecule has 1 saturated carbocycles. The number of rotatable bonds is 6. The van der Waals surface area contributed by atoms with E-state index < -0.39 is 10.0 Å². The number of benzene rings is 1. The lowest BCUT2D eigenvalue weighted by Crippen LogP contribution is -2.44. The van der Waals surface area contributed by atoms with Crippen LogP contribution in [0.2, 0.25) is 0 Å². The SMILES string of the molecule is Cl.NCC(NS(=O)(=O)c1ccc(N2CCCC2=O)cc1)C1CCCC1. The Bertz CT molecular complexity index is 688. The lowest BCUT2D eigenvalue weighted by Gasteiger charge is -2.23. The van der Waals surface area contributed by atoms with Gasteiger partial charge in [-0.25, -0.2) is 13.1 Å². The molecule has 3 rings (SSSR count). The molecule has 1 aromatic carbocycles. The van der Waals surface area contributed by atoms with Crippen molar-refractivity contribution in [1.29, 1.82) is 0 Å². The molecule has 1 atom stereocenters. The van der Waals surface area contributed by atoms with Gasteiger partial charge in [-0.2, -0.15) is 0 Å². The van der Waals surface area contributed by atoms with Crippen LogP contribution in [0.4, 0.5) is 5.69 Å². The number of hydrogen-bond acceptors (Lipinski definition) is 4. The van der Waals surface area contributed by atoms with Crippen LogP contribution in [0.15, 0.2) is 29.2 Å². The van der Waals surface area contributed by atoms with Crippen molar-refractivity contribution in [2.45, 2.75) is 49.5 Å². The normalized spacial score (nSPS) is 19.9. The highest BCUT2D eigenvalue weighted by atomic mass is 35.5. The Morgan fingerprint density at radius 3 is 2.32 bits per heavy atom. The molecule has 2 fully saturated rings. The zero-order valence-electron chi connectivity index (χ0n) is 14.2. The van der Waals surface area contributed by atoms with Crippen LogP contribution < -0.4 is 15.4 Å². The second-order valence-electron chi connectivity index (χ2n) is 6.65. The third-order valence-corrected chi connectivity index (χ3v) is 6.57. The second-order valence-corrected chi connectivity index (χ2v) is 8.36. The summed E-state index contributed by atoms with van der Waals surface area (Å²) in [5.74, 6) is 0.416. The largest absolute Gasteiger partial charge is 0.329 e. The number of anilines is 1. The van der Waals surface area contributed by atoms with E-state index in [0.29, 0.717) is 25.4 Å². The summed E-state index contributed by atoms with van der Waals surface area (Å²) in [6.07, 6.45) is 5.74. The molecule has 1 amide bonds. The van der Waals surface area contributed by atoms with Gasteiger partial charge in [-0.15, -0.1) is 12.4 Å². The van der Waals surface area contributed by atoms with Crippen molar-refractivity contribution < 1.29 is 13.2 Å². The number of nitrogens with two attached hydrogens (primary N) is 1. The number of carbonyl (C=O) groups is 1. The standard InChI is InChI=1S/C17H25N3O3S.ClH/c18-12-16(13-4-1-2-5-13)19-24(22,23)15-9-7-14(8-10-15)20-11-3-6-17(20)21;/h7-10,13,16,19H,1-6,11-12,18H2;1H. The monoisotopic (exact) mass is 387 g/mol. The highest BCUT2D eigenvalue weighted by Gasteiger charge is 2.28. The first kappa shape index (κ1) is 20.2. The van der Waals surface area contributed by atoms with Gasteiger partial charge in [0.15, 0.2) is 0 Å². The van der Waals surface area contributed by atoms with Crippen molar-refractivity contribution in [2.75, 3.05) is 18.0 Å². The Morgan fingerprint density at radius 2 is 1.80 bits per heavy atom. The first-order valence-electron chi connectivity index (χ1n) is 8.64. The average Bonchev–Trinajstić information content (AvgIpc) is 3.24. The Labute approximate surface area is 155 Å². The lowest BCUT2D eigenvalue weighted by atomic mass is 9.99. The maximum Gasteiger partial charge on any atom is 0.240 e. The number of amides is 1. The van der Waals surface area contributed by atoms with Crippen LogP contribution in [0.5, 0.6) is 0 Å². The molecule has 1 heterocycles. The number of sulfonamides is 1. The quantitative estimate of drug-likeness (QED) is 0.781. The molecular formula is C17H26ClN3O3S. The summed E-state index contributed by atoms with van der Waals surface area (Å²) in [6.45, 7) is 1.00. The molecule has 1 aliphatic carbocycles. The van der Waals surface area contributed by atoms with Crippen LogP contribution in [-0.4, -0.2) is 33.5 Å². The van der Waals surface area contributed by atoms with E-state index >= 15 is 0 Å². The zero-order chi connectivity index (χ0) is 17.2. The fourth-order valence-electron chi connectivity index (χ4n) is 3.69. The van der Waals surface area contributed by atoms with E-state index in [1.54, 1.807) is 29.2 Å². The third kappa shape index (κ3) is 4.53. The number of hydrogen-bond donors (Lipinski definition) is 2. The summed E-state index contributed by atoms with van der Waals surface area (Å²) in [5.41, 5.74) is 6.54. The topological polar surface area (TPSA) is 92.5 Å². The number of carbonyl (C=O) groups excluding carboxylic acids is 1. The van der Waals surface area contributed by atoms with Crippen molar-refractivity contribution in [3.05, 3.63) is 24.3 Å². The Kier molecular flexibility index (Phi) is 6.85. The van der Waals surface area contributed by atoms with E-state index in [1.807, 2.05) is 0 Å². The molecule has 0 radical (unpaired) electrons. The fourth-order valence-corrected chi connectivity index (χ4v) is 5.01. The van der Waals surface area contributed by atoms with Gasteiger partial charge in [-0.05, 0) is 49.4 Å². The highest BCUT2D eigenvalue weighted by Crippen LogP contribution is 2.28. The Balaban J connectivity index is 0.00000225. The Morgan fingerprint density at radius 1 is 1.16 bits per heavy atom. The molecule has 0 aromatic heterocycles. The predicted octanol–water partition coefficient (Wildman–Crippen LogP) is 2.03. The number of nitrogens with zero attached hydrogens (tertiary/aromatic N) is 1. The number of nitrogens with one attached hydrogen (secondary N) is 1. The lowest BCUT2D eigenvalue weighted by molar-refractivity contribution is -0.117. The molecule has 0 bridgehead atoms. The van der Waals surface area contributed by atoms with Gasteiger partial charge in [0.25, 0.3) is 0 Å². The molecule has 6 nitrogen and oxygen atoms in total. The van der Waals surface area contributed by atoms with Crippen molar-refractivity contribution in [3.8, 4) is 0 Å². The molecule has 1 aliphatic heterocycles. The highest BCUT2D eigenvalue weighted by molar-refractivity contribution is 7.89. The summed E-state index contributed by atoms with van der Waals surface area (Å²) >= 11 is 0. The summed E-state index contributed by atoms with van der Waals surface area (Å²) in [5, 5.41) is 0. The fraction of sp³-hybridized carbons (Fsp3) is 0.588. The summed E-state index contributed by atoms with van der Waals surface area (Å²) in [7, 11) is -3.60. The first-order chi connectivity index (χ1) is 11.5. The van der Waals surface area contributed by atoms with Gasteiger partial charge in [0, 0.05) is 31.2 Å². The van der Waals surface area contributed by atoms with E-state index in [-0.39, 0.29) is 29.3 Å². The summed E-state index contributed by atoms with van der Waals surface area (Å²) < 4.78 is 28.0. The van der Waals surface area contributed by atoms with Gasteiger partial charge in [0.2, 0.25) is 15.9 Å². The van der Waals surface area contributed by atoms with Gasteiger partial charge in [0.1, 0.15) is 0 Å². The smallest absolute Gasteiger partial charge is 0.240 e. The van der Waals surface area contributed by atoms with Gasteiger partial charge in [0.05, 0.1) is 4.90 Å². The van der Waals surface area contributed by atoms with Gasteiger partial charge >= 0.3 is 0 Å². The van der Waals surface area contributed by atoms with Crippen LogP contribution in [0, 0.1) is 5.92 Å². The van der Waals surface area contributed by atoms with Crippen LogP contribution in [0.3, 0.4) is 0 Å². The molecule has 3 N–H and O–H groups in total. The molecule has 1 unspecified atom stereocenters. The minimum atomic E-state index is -3.60. The van der Waals surface area contributed by atoms with Crippen molar-refractivity contribution in [3.63, 3.8) is 0 Å². The van der Waals surface area contributed by atoms with Gasteiger partial charge in [-0.3, -0.25) is 4.79 Å². The Hall–Kier alpha value is -1.15. The van der Waals surface area contributed by atoms with E-state index in [9.17, 15) is 13.2 Å². The third-order valence-electron chi connectivity index (χ3n) is 5.06. The maximum absolute atomic E-state index is 12.6. The van der Waals surface area contributed by atoms with E-state index in [1.165, 1.54) is 0 Å². The van der Waals surface area contributed by atoms with Crippen molar-refractivity contribution in [1.82, 2.24) is 4.72 Å². The average molecular weight is 388 g/mol. The predicted molar refractivity (Wildman–Crippen MR) is 100 cm³/mol. The molecule has 8 heteroatoms. The van der Waals surface area contributed by atoms with E-state index in [2.05, 4.69) is 4.72 Å². The van der Waals surface area contributed by atoms with Crippen molar-refractivity contribution in [2.24, 2.45) is 11.7 Å². The van der Waals surface area contributed by atoms with Crippen molar-refractivity contribution >= 4 is 34.0 Å². The summed E-state index contributed by atoms with van der Waals surface area (Å²) in [6, 6.07) is 6.31. The van der Waals surface area contributed by atoms with Crippen LogP contribution >= 0.6 is 12.4 Å². The van der Waals surface area contributed by atoms with E-state index in [4.69, 9.17) is 5.73 Å².